The molecule has 1 aromatic carbocycles. The zero-order valence-corrected chi connectivity index (χ0v) is 26.4. The van der Waals surface area contributed by atoms with Crippen molar-refractivity contribution in [1.82, 2.24) is 21.3 Å². The predicted octanol–water partition coefficient (Wildman–Crippen LogP) is -2.64. The highest BCUT2D eigenvalue weighted by Crippen LogP contribution is 2.11. The van der Waals surface area contributed by atoms with E-state index in [1.54, 1.807) is 44.2 Å². The number of nitrogens with two attached hydrogens (primary N) is 5. The molecule has 0 aromatic heterocycles. The van der Waals surface area contributed by atoms with E-state index in [4.69, 9.17) is 28.7 Å². The molecule has 5 atom stereocenters. The van der Waals surface area contributed by atoms with Crippen molar-refractivity contribution in [3.63, 3.8) is 0 Å². The van der Waals surface area contributed by atoms with Crippen LogP contribution in [0.25, 0.3) is 0 Å². The lowest BCUT2D eigenvalue weighted by atomic mass is 9.98. The number of hydrogen-bond acceptors (Lipinski definition) is 8. The second-order valence-corrected chi connectivity index (χ2v) is 10.7. The summed E-state index contributed by atoms with van der Waals surface area (Å²) in [5.74, 6) is -4.60. The minimum atomic E-state index is -1.22. The average molecular weight is 648 g/mol. The lowest BCUT2D eigenvalue weighted by Gasteiger charge is -2.27. The van der Waals surface area contributed by atoms with E-state index in [0.717, 1.165) is 5.56 Å². The van der Waals surface area contributed by atoms with Crippen LogP contribution in [0.2, 0.25) is 0 Å². The molecule has 0 fully saturated rings. The summed E-state index contributed by atoms with van der Waals surface area (Å²) in [6.07, 6.45) is 1.24. The molecule has 17 nitrogen and oxygen atoms in total. The fraction of sp³-hybridized carbons (Fsp3) is 0.552. The molecule has 17 heteroatoms. The van der Waals surface area contributed by atoms with Crippen LogP contribution < -0.4 is 49.9 Å². The van der Waals surface area contributed by atoms with Gasteiger partial charge in [0.25, 0.3) is 0 Å². The molecule has 1 aromatic rings. The van der Waals surface area contributed by atoms with Gasteiger partial charge in [-0.05, 0) is 37.2 Å². The molecule has 0 aliphatic rings. The van der Waals surface area contributed by atoms with E-state index in [1.165, 1.54) is 0 Å². The number of aliphatic imine (C=N–C) groups is 2. The number of carboxylic acid groups (broad SMARTS) is 1. The minimum Gasteiger partial charge on any atom is -0.480 e. The smallest absolute Gasteiger partial charge is 0.326 e. The van der Waals surface area contributed by atoms with Crippen molar-refractivity contribution in [2.45, 2.75) is 76.5 Å². The molecule has 0 radical (unpaired) electrons. The molecule has 0 unspecified atom stereocenters. The summed E-state index contributed by atoms with van der Waals surface area (Å²) in [7, 11) is 0. The Morgan fingerprint density at radius 2 is 1.24 bits per heavy atom. The quantitative estimate of drug-likeness (QED) is 0.0374. The Morgan fingerprint density at radius 3 is 1.67 bits per heavy atom. The van der Waals surface area contributed by atoms with Gasteiger partial charge in [0.15, 0.2) is 11.9 Å². The Kier molecular flexibility index (Phi) is 17.8. The van der Waals surface area contributed by atoms with Gasteiger partial charge in [0.2, 0.25) is 23.6 Å². The summed E-state index contributed by atoms with van der Waals surface area (Å²) in [4.78, 5) is 72.3. The number of carboxylic acids is 1. The molecule has 256 valence electrons. The lowest BCUT2D eigenvalue weighted by molar-refractivity contribution is -0.144. The van der Waals surface area contributed by atoms with Gasteiger partial charge in [0.1, 0.15) is 24.2 Å². The first kappa shape index (κ1) is 39.1. The molecule has 15 N–H and O–H groups in total. The molecule has 46 heavy (non-hydrogen) atoms. The van der Waals surface area contributed by atoms with Gasteiger partial charge in [-0.1, -0.05) is 50.6 Å². The Balaban J connectivity index is 3.29. The second-order valence-electron chi connectivity index (χ2n) is 10.7. The number of nitrogens with zero attached hydrogens (tertiary/aromatic N) is 2. The highest BCUT2D eigenvalue weighted by atomic mass is 16.4. The third-order valence-corrected chi connectivity index (χ3v) is 7.05. The van der Waals surface area contributed by atoms with E-state index in [-0.39, 0.29) is 63.7 Å². The first-order valence-electron chi connectivity index (χ1n) is 15.1. The van der Waals surface area contributed by atoms with Crippen LogP contribution in [0.3, 0.4) is 0 Å². The molecular formula is C29H49N11O6. The number of benzene rings is 1. The normalized spacial score (nSPS) is 13.9. The summed E-state index contributed by atoms with van der Waals surface area (Å²) < 4.78 is 0. The van der Waals surface area contributed by atoms with Gasteiger partial charge in [0, 0.05) is 19.5 Å². The van der Waals surface area contributed by atoms with Crippen molar-refractivity contribution in [2.75, 3.05) is 19.6 Å². The highest BCUT2D eigenvalue weighted by Gasteiger charge is 2.32. The summed E-state index contributed by atoms with van der Waals surface area (Å²) >= 11 is 0. The number of hydrogen-bond donors (Lipinski definition) is 10. The summed E-state index contributed by atoms with van der Waals surface area (Å²) in [5, 5.41) is 20.1. The molecule has 4 amide bonds. The van der Waals surface area contributed by atoms with Crippen LogP contribution in [0.1, 0.15) is 51.5 Å². The first-order valence-corrected chi connectivity index (χ1v) is 15.1. The Bertz CT molecular complexity index is 1200. The second kappa shape index (κ2) is 20.9. The molecular weight excluding hydrogens is 598 g/mol. The van der Waals surface area contributed by atoms with Gasteiger partial charge in [-0.15, -0.1) is 0 Å². The third kappa shape index (κ3) is 15.2. The van der Waals surface area contributed by atoms with Crippen molar-refractivity contribution in [3.05, 3.63) is 35.9 Å². The maximum Gasteiger partial charge on any atom is 0.326 e. The predicted molar refractivity (Wildman–Crippen MR) is 174 cm³/mol. The molecule has 0 aliphatic carbocycles. The number of carbonyl (C=O) groups excluding carboxylic acids is 4. The van der Waals surface area contributed by atoms with E-state index in [2.05, 4.69) is 31.3 Å². The molecule has 0 heterocycles. The number of guanidine groups is 2. The highest BCUT2D eigenvalue weighted by molar-refractivity contribution is 5.95. The van der Waals surface area contributed by atoms with Gasteiger partial charge < -0.3 is 55.0 Å². The fourth-order valence-electron chi connectivity index (χ4n) is 4.34. The van der Waals surface area contributed by atoms with E-state index in [1.807, 2.05) is 0 Å². The van der Waals surface area contributed by atoms with Crippen molar-refractivity contribution in [3.8, 4) is 0 Å². The number of aliphatic carboxylic acids is 1. The molecule has 0 aliphatic heterocycles. The van der Waals surface area contributed by atoms with E-state index in [0.29, 0.717) is 6.42 Å². The maximum atomic E-state index is 13.6. The zero-order valence-electron chi connectivity index (χ0n) is 26.4. The number of carbonyl (C=O) groups is 5. The van der Waals surface area contributed by atoms with Crippen LogP contribution in [0.5, 0.6) is 0 Å². The Morgan fingerprint density at radius 1 is 0.761 bits per heavy atom. The summed E-state index contributed by atoms with van der Waals surface area (Å²) in [6.45, 7) is 3.42. The Labute approximate surface area is 268 Å². The van der Waals surface area contributed by atoms with Crippen molar-refractivity contribution in [1.29, 1.82) is 0 Å². The van der Waals surface area contributed by atoms with Crippen LogP contribution in [-0.4, -0.2) is 90.4 Å². The van der Waals surface area contributed by atoms with E-state index in [9.17, 15) is 29.1 Å². The molecule has 0 saturated heterocycles. The first-order chi connectivity index (χ1) is 21.8. The van der Waals surface area contributed by atoms with E-state index < -0.39 is 59.7 Å². The van der Waals surface area contributed by atoms with E-state index >= 15 is 0 Å². The molecule has 1 rings (SSSR count). The molecule has 0 spiro atoms. The molecule has 0 saturated carbocycles. The third-order valence-electron chi connectivity index (χ3n) is 7.05. The number of nitrogens with one attached hydrogen (secondary N) is 4. The average Bonchev–Trinajstić information content (AvgIpc) is 3.01. The van der Waals surface area contributed by atoms with Crippen molar-refractivity contribution >= 4 is 41.5 Å². The maximum absolute atomic E-state index is 13.6. The van der Waals surface area contributed by atoms with Crippen molar-refractivity contribution < 1.29 is 29.1 Å². The van der Waals surface area contributed by atoms with Crippen LogP contribution in [-0.2, 0) is 30.4 Å². The Hall–Kier alpha value is -4.93. The van der Waals surface area contributed by atoms with Crippen molar-refractivity contribution in [2.24, 2.45) is 44.6 Å². The largest absolute Gasteiger partial charge is 0.480 e. The summed E-state index contributed by atoms with van der Waals surface area (Å²) in [5.41, 5.74) is 27.8. The number of rotatable bonds is 21. The van der Waals surface area contributed by atoms with Gasteiger partial charge in [-0.25, -0.2) is 4.79 Å². The van der Waals surface area contributed by atoms with Gasteiger partial charge in [-0.2, -0.15) is 0 Å². The van der Waals surface area contributed by atoms with Crippen LogP contribution >= 0.6 is 0 Å². The molecule has 0 bridgehead atoms. The topological polar surface area (TPSA) is 309 Å². The van der Waals surface area contributed by atoms with Gasteiger partial charge in [-0.3, -0.25) is 29.2 Å². The number of amides is 4. The monoisotopic (exact) mass is 647 g/mol. The minimum absolute atomic E-state index is 0.0546. The fourth-order valence-corrected chi connectivity index (χ4v) is 4.34. The SMILES string of the molecule is CC[C@H](C)[C@H](NC(=O)[C@H](CCCN=C(N)N)NC(=O)[C@H](CCCN=C(N)N)NC(=O)[C@H](Cc1ccccc1)NC(=O)CN)C(=O)O. The van der Waals surface area contributed by atoms with Crippen LogP contribution in [0, 0.1) is 5.92 Å². The summed E-state index contributed by atoms with van der Waals surface area (Å²) in [6, 6.07) is 4.28. The van der Waals surface area contributed by atoms with Gasteiger partial charge in [0.05, 0.1) is 6.54 Å². The zero-order chi connectivity index (χ0) is 34.6. The van der Waals surface area contributed by atoms with Crippen LogP contribution in [0.4, 0.5) is 0 Å². The van der Waals surface area contributed by atoms with Crippen LogP contribution in [0.15, 0.2) is 40.3 Å². The lowest BCUT2D eigenvalue weighted by Crippen LogP contribution is -2.58. The standard InChI is InChI=1S/C29H49N11O6/c1-3-17(2)23(27(45)46)40-25(43)20(12-8-14-36-29(33)34)38-24(42)19(11-7-13-35-28(31)32)39-26(44)21(37-22(41)16-30)15-18-9-5-4-6-10-18/h4-6,9-10,17,19-21,23H,3,7-8,11-16,30H2,1-2H3,(H,37,41)(H,38,42)(H,39,44)(H,40,43)(H,45,46)(H4,31,32,35)(H4,33,34,36)/t17-,19-,20-,21-,23-/m0/s1. The van der Waals surface area contributed by atoms with Gasteiger partial charge >= 0.3 is 5.97 Å².